The van der Waals surface area contributed by atoms with E-state index < -0.39 is 0 Å². The maximum atomic E-state index is 5.46. The van der Waals surface area contributed by atoms with E-state index in [0.717, 1.165) is 25.8 Å². The van der Waals surface area contributed by atoms with Gasteiger partial charge in [-0.05, 0) is 32.4 Å². The van der Waals surface area contributed by atoms with Gasteiger partial charge < -0.3 is 10.1 Å². The number of hydrogen-bond acceptors (Lipinski definition) is 3. The summed E-state index contributed by atoms with van der Waals surface area (Å²) < 4.78 is 5.46. The lowest BCUT2D eigenvalue weighted by atomic mass is 10.0. The van der Waals surface area contributed by atoms with Crippen LogP contribution >= 0.6 is 24.8 Å². The molecule has 92 valence electrons. The van der Waals surface area contributed by atoms with Crippen molar-refractivity contribution in [2.24, 2.45) is 0 Å². The van der Waals surface area contributed by atoms with Gasteiger partial charge in [0, 0.05) is 25.7 Å². The number of rotatable bonds is 1. The summed E-state index contributed by atoms with van der Waals surface area (Å²) in [6, 6.07) is 0.822. The van der Waals surface area contributed by atoms with Crippen molar-refractivity contribution < 1.29 is 4.74 Å². The number of nitrogens with zero attached hydrogens (tertiary/aromatic N) is 1. The van der Waals surface area contributed by atoms with E-state index in [-0.39, 0.29) is 24.8 Å². The standard InChI is InChI=1S/C10H20N2O.2ClH/c1-6-12(7-9-13-8-1)10-2-4-11-5-3-10;;/h10-11H,1-9H2;2*1H. The summed E-state index contributed by atoms with van der Waals surface area (Å²) in [6.45, 7) is 6.67. The van der Waals surface area contributed by atoms with E-state index in [2.05, 4.69) is 10.2 Å². The molecule has 2 aliphatic heterocycles. The Bertz CT molecular complexity index is 146. The summed E-state index contributed by atoms with van der Waals surface area (Å²) in [5.41, 5.74) is 0. The molecule has 0 bridgehead atoms. The van der Waals surface area contributed by atoms with Crippen LogP contribution < -0.4 is 5.32 Å². The third-order valence-electron chi connectivity index (χ3n) is 3.08. The average Bonchev–Trinajstić information content (AvgIpc) is 2.47. The normalized spacial score (nSPS) is 24.8. The fraction of sp³-hybridized carbons (Fsp3) is 1.00. The Hall–Kier alpha value is 0.460. The topological polar surface area (TPSA) is 24.5 Å². The minimum atomic E-state index is 0. The van der Waals surface area contributed by atoms with Crippen LogP contribution in [0.4, 0.5) is 0 Å². The second kappa shape index (κ2) is 8.59. The van der Waals surface area contributed by atoms with Gasteiger partial charge in [0.05, 0.1) is 6.61 Å². The molecule has 5 heteroatoms. The maximum Gasteiger partial charge on any atom is 0.0593 e. The van der Waals surface area contributed by atoms with E-state index >= 15 is 0 Å². The molecule has 2 fully saturated rings. The Balaban J connectivity index is 0.000000980. The molecule has 1 N–H and O–H groups in total. The Morgan fingerprint density at radius 1 is 1.00 bits per heavy atom. The summed E-state index contributed by atoms with van der Waals surface area (Å²) in [6.07, 6.45) is 3.85. The van der Waals surface area contributed by atoms with Crippen LogP contribution in [0.25, 0.3) is 0 Å². The van der Waals surface area contributed by atoms with Crippen molar-refractivity contribution in [3.8, 4) is 0 Å². The van der Waals surface area contributed by atoms with Crippen LogP contribution in [0.3, 0.4) is 0 Å². The molecule has 0 aromatic rings. The van der Waals surface area contributed by atoms with Gasteiger partial charge in [0.1, 0.15) is 0 Å². The number of halogens is 2. The first-order valence-corrected chi connectivity index (χ1v) is 5.49. The lowest BCUT2D eigenvalue weighted by Gasteiger charge is -2.33. The SMILES string of the molecule is C1COCCN(C2CCNCC2)C1.Cl.Cl. The highest BCUT2D eigenvalue weighted by Crippen LogP contribution is 2.13. The van der Waals surface area contributed by atoms with E-state index in [1.165, 1.54) is 38.9 Å². The highest BCUT2D eigenvalue weighted by Gasteiger charge is 2.21. The first-order chi connectivity index (χ1) is 6.47. The first kappa shape index (κ1) is 15.5. The monoisotopic (exact) mass is 256 g/mol. The van der Waals surface area contributed by atoms with Crippen LogP contribution in [0.2, 0.25) is 0 Å². The molecule has 0 amide bonds. The van der Waals surface area contributed by atoms with Gasteiger partial charge in [-0.1, -0.05) is 0 Å². The molecule has 2 rings (SSSR count). The lowest BCUT2D eigenvalue weighted by molar-refractivity contribution is 0.123. The summed E-state index contributed by atoms with van der Waals surface area (Å²) in [5.74, 6) is 0. The fourth-order valence-corrected chi connectivity index (χ4v) is 2.30. The van der Waals surface area contributed by atoms with E-state index in [9.17, 15) is 0 Å². The van der Waals surface area contributed by atoms with Gasteiger partial charge in [-0.3, -0.25) is 4.90 Å². The second-order valence-corrected chi connectivity index (χ2v) is 3.98. The molecule has 0 saturated carbocycles. The van der Waals surface area contributed by atoms with Gasteiger partial charge in [-0.2, -0.15) is 0 Å². The van der Waals surface area contributed by atoms with Crippen molar-refractivity contribution in [3.05, 3.63) is 0 Å². The van der Waals surface area contributed by atoms with E-state index in [0.29, 0.717) is 0 Å². The minimum Gasteiger partial charge on any atom is -0.380 e. The number of ether oxygens (including phenoxy) is 1. The molecule has 0 spiro atoms. The Morgan fingerprint density at radius 2 is 1.73 bits per heavy atom. The van der Waals surface area contributed by atoms with Crippen LogP contribution in [-0.4, -0.2) is 50.3 Å². The van der Waals surface area contributed by atoms with Crippen LogP contribution in [0.5, 0.6) is 0 Å². The molecule has 0 radical (unpaired) electrons. The number of piperidine rings is 1. The third kappa shape index (κ3) is 4.87. The second-order valence-electron chi connectivity index (χ2n) is 3.98. The fourth-order valence-electron chi connectivity index (χ4n) is 2.30. The number of nitrogens with one attached hydrogen (secondary N) is 1. The molecule has 15 heavy (non-hydrogen) atoms. The molecule has 0 aromatic heterocycles. The summed E-state index contributed by atoms with van der Waals surface area (Å²) in [5, 5.41) is 3.41. The van der Waals surface area contributed by atoms with Crippen molar-refractivity contribution in [1.29, 1.82) is 0 Å². The minimum absolute atomic E-state index is 0. The van der Waals surface area contributed by atoms with Crippen LogP contribution in [0.15, 0.2) is 0 Å². The highest BCUT2D eigenvalue weighted by atomic mass is 35.5. The molecule has 3 nitrogen and oxygen atoms in total. The van der Waals surface area contributed by atoms with E-state index in [1.54, 1.807) is 0 Å². The van der Waals surface area contributed by atoms with Crippen LogP contribution in [0.1, 0.15) is 19.3 Å². The van der Waals surface area contributed by atoms with Crippen molar-refractivity contribution in [2.45, 2.75) is 25.3 Å². The van der Waals surface area contributed by atoms with Gasteiger partial charge in [0.25, 0.3) is 0 Å². The van der Waals surface area contributed by atoms with Crippen molar-refractivity contribution in [2.75, 3.05) is 39.4 Å². The summed E-state index contributed by atoms with van der Waals surface area (Å²) >= 11 is 0. The van der Waals surface area contributed by atoms with Crippen LogP contribution in [0, 0.1) is 0 Å². The third-order valence-corrected chi connectivity index (χ3v) is 3.08. The first-order valence-electron chi connectivity index (χ1n) is 5.49. The quantitative estimate of drug-likeness (QED) is 0.766. The smallest absolute Gasteiger partial charge is 0.0593 e. The van der Waals surface area contributed by atoms with Crippen molar-refractivity contribution in [1.82, 2.24) is 10.2 Å². The predicted molar refractivity (Wildman–Crippen MR) is 67.4 cm³/mol. The van der Waals surface area contributed by atoms with Crippen molar-refractivity contribution >= 4 is 24.8 Å². The van der Waals surface area contributed by atoms with Gasteiger partial charge in [0.15, 0.2) is 0 Å². The largest absolute Gasteiger partial charge is 0.380 e. The van der Waals surface area contributed by atoms with Crippen LogP contribution in [-0.2, 0) is 4.74 Å². The highest BCUT2D eigenvalue weighted by molar-refractivity contribution is 5.85. The summed E-state index contributed by atoms with van der Waals surface area (Å²) in [4.78, 5) is 2.62. The zero-order valence-corrected chi connectivity index (χ0v) is 10.7. The summed E-state index contributed by atoms with van der Waals surface area (Å²) in [7, 11) is 0. The molecular weight excluding hydrogens is 235 g/mol. The molecule has 2 heterocycles. The molecular formula is C10H22Cl2N2O. The predicted octanol–water partition coefficient (Wildman–Crippen LogP) is 1.30. The Labute approximate surface area is 105 Å². The molecule has 0 unspecified atom stereocenters. The van der Waals surface area contributed by atoms with Crippen molar-refractivity contribution in [3.63, 3.8) is 0 Å². The Kier molecular flexibility index (Phi) is 8.86. The maximum absolute atomic E-state index is 5.46. The van der Waals surface area contributed by atoms with Gasteiger partial charge >= 0.3 is 0 Å². The Morgan fingerprint density at radius 3 is 2.47 bits per heavy atom. The van der Waals surface area contributed by atoms with E-state index in [4.69, 9.17) is 4.74 Å². The molecule has 0 aromatic carbocycles. The van der Waals surface area contributed by atoms with Gasteiger partial charge in [-0.15, -0.1) is 24.8 Å². The number of hydrogen-bond donors (Lipinski definition) is 1. The molecule has 0 aliphatic carbocycles. The molecule has 2 saturated heterocycles. The van der Waals surface area contributed by atoms with Gasteiger partial charge in [-0.25, -0.2) is 0 Å². The molecule has 2 aliphatic rings. The van der Waals surface area contributed by atoms with E-state index in [1.807, 2.05) is 0 Å². The lowest BCUT2D eigenvalue weighted by Crippen LogP contribution is -2.44. The zero-order chi connectivity index (χ0) is 8.93. The molecule has 0 atom stereocenters. The zero-order valence-electron chi connectivity index (χ0n) is 9.11. The average molecular weight is 257 g/mol. The van der Waals surface area contributed by atoms with Gasteiger partial charge in [0.2, 0.25) is 0 Å².